The Hall–Kier alpha value is -3.39. The van der Waals surface area contributed by atoms with E-state index in [1.165, 1.54) is 7.11 Å². The molecule has 0 saturated carbocycles. The van der Waals surface area contributed by atoms with Gasteiger partial charge in [-0.1, -0.05) is 36.4 Å². The molecule has 0 radical (unpaired) electrons. The number of amides is 1. The SMILES string of the molecule is COC(=O)N1CCc2cc(OC)c(OC)cc2[C@H]1Cc1ccc(OC)c(OCc2ccccc2)c1Br. The van der Waals surface area contributed by atoms with E-state index in [9.17, 15) is 4.79 Å². The normalized spacial score (nSPS) is 14.6. The first-order valence-corrected chi connectivity index (χ1v) is 12.4. The molecule has 7 nitrogen and oxygen atoms in total. The van der Waals surface area contributed by atoms with Crippen molar-refractivity contribution in [1.82, 2.24) is 4.90 Å². The van der Waals surface area contributed by atoms with Crippen molar-refractivity contribution in [2.45, 2.75) is 25.5 Å². The third-order valence-corrected chi connectivity index (χ3v) is 7.28. The smallest absolute Gasteiger partial charge is 0.410 e. The third-order valence-electron chi connectivity index (χ3n) is 6.41. The average molecular weight is 556 g/mol. The first kappa shape index (κ1) is 25.7. The fourth-order valence-electron chi connectivity index (χ4n) is 4.55. The molecule has 0 N–H and O–H groups in total. The number of fused-ring (bicyclic) bond motifs is 1. The lowest BCUT2D eigenvalue weighted by atomic mass is 9.88. The molecule has 0 saturated heterocycles. The van der Waals surface area contributed by atoms with Crippen LogP contribution in [-0.2, 0) is 24.2 Å². The summed E-state index contributed by atoms with van der Waals surface area (Å²) < 4.78 is 28.8. The van der Waals surface area contributed by atoms with E-state index >= 15 is 0 Å². The number of nitrogens with zero attached hydrogens (tertiary/aromatic N) is 1. The largest absolute Gasteiger partial charge is 0.493 e. The lowest BCUT2D eigenvalue weighted by molar-refractivity contribution is 0.100. The van der Waals surface area contributed by atoms with Crippen LogP contribution >= 0.6 is 15.9 Å². The Labute approximate surface area is 220 Å². The van der Waals surface area contributed by atoms with Gasteiger partial charge in [-0.05, 0) is 69.2 Å². The fourth-order valence-corrected chi connectivity index (χ4v) is 5.16. The molecule has 1 amide bonds. The van der Waals surface area contributed by atoms with E-state index in [0.717, 1.165) is 26.7 Å². The van der Waals surface area contributed by atoms with Crippen LogP contribution in [0.3, 0.4) is 0 Å². The molecule has 1 aliphatic heterocycles. The molecule has 0 spiro atoms. The molecule has 4 rings (SSSR count). The van der Waals surface area contributed by atoms with Crippen LogP contribution in [0.5, 0.6) is 23.0 Å². The van der Waals surface area contributed by atoms with E-state index in [2.05, 4.69) is 15.9 Å². The number of benzene rings is 3. The van der Waals surface area contributed by atoms with E-state index < -0.39 is 0 Å². The van der Waals surface area contributed by atoms with Crippen LogP contribution in [0.2, 0.25) is 0 Å². The molecule has 1 aliphatic rings. The fraction of sp³-hybridized carbons (Fsp3) is 0.321. The van der Waals surface area contributed by atoms with Crippen LogP contribution in [0.4, 0.5) is 4.79 Å². The van der Waals surface area contributed by atoms with Crippen molar-refractivity contribution in [3.05, 3.63) is 81.3 Å². The summed E-state index contributed by atoms with van der Waals surface area (Å²) in [5.41, 5.74) is 4.14. The molecule has 0 bridgehead atoms. The molecular weight excluding hydrogens is 526 g/mol. The van der Waals surface area contributed by atoms with Crippen LogP contribution in [0.1, 0.15) is 28.3 Å². The van der Waals surface area contributed by atoms with Crippen LogP contribution in [0.25, 0.3) is 0 Å². The van der Waals surface area contributed by atoms with Crippen molar-refractivity contribution in [3.8, 4) is 23.0 Å². The lowest BCUT2D eigenvalue weighted by Crippen LogP contribution is -2.41. The number of rotatable bonds is 8. The van der Waals surface area contributed by atoms with Gasteiger partial charge in [-0.25, -0.2) is 4.79 Å². The molecule has 3 aromatic carbocycles. The highest BCUT2D eigenvalue weighted by Gasteiger charge is 2.34. The van der Waals surface area contributed by atoms with Crippen LogP contribution in [-0.4, -0.2) is 46.0 Å². The zero-order chi connectivity index (χ0) is 25.7. The first-order chi connectivity index (χ1) is 17.5. The molecule has 0 unspecified atom stereocenters. The van der Waals surface area contributed by atoms with Gasteiger partial charge >= 0.3 is 6.09 Å². The van der Waals surface area contributed by atoms with Gasteiger partial charge in [0.2, 0.25) is 0 Å². The Balaban J connectivity index is 1.72. The van der Waals surface area contributed by atoms with Crippen LogP contribution < -0.4 is 18.9 Å². The molecule has 1 heterocycles. The van der Waals surface area contributed by atoms with Gasteiger partial charge in [-0.15, -0.1) is 0 Å². The Bertz CT molecular complexity index is 1220. The lowest BCUT2D eigenvalue weighted by Gasteiger charge is -2.37. The number of methoxy groups -OCH3 is 4. The van der Waals surface area contributed by atoms with Crippen molar-refractivity contribution in [3.63, 3.8) is 0 Å². The molecular formula is C28H30BrNO6. The Morgan fingerprint density at radius 2 is 1.64 bits per heavy atom. The van der Waals surface area contributed by atoms with Gasteiger partial charge in [0.05, 0.1) is 39.0 Å². The number of ether oxygens (including phenoxy) is 5. The van der Waals surface area contributed by atoms with E-state index in [1.807, 2.05) is 54.6 Å². The van der Waals surface area contributed by atoms with E-state index in [-0.39, 0.29) is 12.1 Å². The van der Waals surface area contributed by atoms with Crippen molar-refractivity contribution in [2.75, 3.05) is 35.0 Å². The average Bonchev–Trinajstić information content (AvgIpc) is 2.92. The highest BCUT2D eigenvalue weighted by molar-refractivity contribution is 9.10. The second kappa shape index (κ2) is 11.6. The highest BCUT2D eigenvalue weighted by Crippen LogP contribution is 2.43. The summed E-state index contributed by atoms with van der Waals surface area (Å²) in [4.78, 5) is 14.5. The van der Waals surface area contributed by atoms with Crippen molar-refractivity contribution in [2.24, 2.45) is 0 Å². The van der Waals surface area contributed by atoms with Gasteiger partial charge < -0.3 is 28.6 Å². The zero-order valence-electron chi connectivity index (χ0n) is 20.9. The molecule has 1 atom stereocenters. The van der Waals surface area contributed by atoms with Gasteiger partial charge in [0.25, 0.3) is 0 Å². The molecule has 36 heavy (non-hydrogen) atoms. The number of hydrogen-bond donors (Lipinski definition) is 0. The monoisotopic (exact) mass is 555 g/mol. The predicted molar refractivity (Wildman–Crippen MR) is 140 cm³/mol. The predicted octanol–water partition coefficient (Wildman–Crippen LogP) is 5.96. The topological polar surface area (TPSA) is 66.5 Å². The Morgan fingerprint density at radius 1 is 0.944 bits per heavy atom. The summed E-state index contributed by atoms with van der Waals surface area (Å²) >= 11 is 3.75. The summed E-state index contributed by atoms with van der Waals surface area (Å²) in [6.45, 7) is 0.932. The van der Waals surface area contributed by atoms with Gasteiger partial charge in [-0.3, -0.25) is 0 Å². The van der Waals surface area contributed by atoms with Crippen LogP contribution in [0, 0.1) is 0 Å². The molecule has 0 aliphatic carbocycles. The van der Waals surface area contributed by atoms with Gasteiger partial charge in [0.1, 0.15) is 6.61 Å². The summed E-state index contributed by atoms with van der Waals surface area (Å²) in [6, 6.07) is 17.5. The Morgan fingerprint density at radius 3 is 2.31 bits per heavy atom. The number of hydrogen-bond acceptors (Lipinski definition) is 6. The number of carbonyl (C=O) groups is 1. The van der Waals surface area contributed by atoms with Crippen molar-refractivity contribution < 1.29 is 28.5 Å². The van der Waals surface area contributed by atoms with Gasteiger partial charge in [-0.2, -0.15) is 0 Å². The molecule has 190 valence electrons. The summed E-state index contributed by atoms with van der Waals surface area (Å²) in [5, 5.41) is 0. The summed E-state index contributed by atoms with van der Waals surface area (Å²) in [5.74, 6) is 2.53. The van der Waals surface area contributed by atoms with E-state index in [1.54, 1.807) is 26.2 Å². The maximum Gasteiger partial charge on any atom is 0.410 e. The molecule has 3 aromatic rings. The van der Waals surface area contributed by atoms with Crippen LogP contribution in [0.15, 0.2) is 59.1 Å². The minimum Gasteiger partial charge on any atom is -0.493 e. The van der Waals surface area contributed by atoms with Gasteiger partial charge in [0, 0.05) is 6.54 Å². The van der Waals surface area contributed by atoms with E-state index in [0.29, 0.717) is 49.0 Å². The molecule has 0 aromatic heterocycles. The zero-order valence-corrected chi connectivity index (χ0v) is 22.5. The van der Waals surface area contributed by atoms with E-state index in [4.69, 9.17) is 23.7 Å². The second-order valence-electron chi connectivity index (χ2n) is 8.38. The molecule has 8 heteroatoms. The standard InChI is InChI=1S/C28H30BrNO6/c1-32-23-11-10-20(26(29)27(23)36-17-18-8-6-5-7-9-18)14-22-21-16-25(34-3)24(33-2)15-19(21)12-13-30(22)28(31)35-4/h5-11,15-16,22H,12-14,17H2,1-4H3/t22-/m1/s1. The maximum atomic E-state index is 12.8. The highest BCUT2D eigenvalue weighted by atomic mass is 79.9. The Kier molecular flexibility index (Phi) is 8.25. The summed E-state index contributed by atoms with van der Waals surface area (Å²) in [6.07, 6.45) is 0.853. The minimum atomic E-state index is -0.370. The quantitative estimate of drug-likeness (QED) is 0.341. The second-order valence-corrected chi connectivity index (χ2v) is 9.18. The number of carbonyl (C=O) groups excluding carboxylic acids is 1. The first-order valence-electron chi connectivity index (χ1n) is 11.6. The van der Waals surface area contributed by atoms with Crippen molar-refractivity contribution in [1.29, 1.82) is 0 Å². The van der Waals surface area contributed by atoms with Gasteiger partial charge in [0.15, 0.2) is 23.0 Å². The summed E-state index contributed by atoms with van der Waals surface area (Å²) in [7, 11) is 6.25. The minimum absolute atomic E-state index is 0.271. The third kappa shape index (κ3) is 5.23. The maximum absolute atomic E-state index is 12.8. The van der Waals surface area contributed by atoms with Crippen molar-refractivity contribution >= 4 is 22.0 Å². The molecule has 0 fully saturated rings. The number of halogens is 1.